The fourth-order valence-electron chi connectivity index (χ4n) is 2.41. The first-order chi connectivity index (χ1) is 13.4. The van der Waals surface area contributed by atoms with Crippen LogP contribution in [0.3, 0.4) is 0 Å². The van der Waals surface area contributed by atoms with Gasteiger partial charge in [0, 0.05) is 6.54 Å². The van der Waals surface area contributed by atoms with E-state index < -0.39 is 0 Å². The van der Waals surface area contributed by atoms with E-state index in [1.54, 1.807) is 0 Å². The molecule has 1 saturated heterocycles. The van der Waals surface area contributed by atoms with Crippen molar-refractivity contribution in [2.24, 2.45) is 5.92 Å². The van der Waals surface area contributed by atoms with Crippen LogP contribution < -0.4 is 4.74 Å². The number of carbonyl (C=O) groups excluding carboxylic acids is 2. The molecule has 0 spiro atoms. The van der Waals surface area contributed by atoms with Gasteiger partial charge in [-0.1, -0.05) is 56.9 Å². The Kier molecular flexibility index (Phi) is 8.99. The van der Waals surface area contributed by atoms with Gasteiger partial charge in [-0.15, -0.1) is 0 Å². The van der Waals surface area contributed by atoms with Crippen LogP contribution in [-0.2, 0) is 14.3 Å². The number of esters is 1. The first-order valence-electron chi connectivity index (χ1n) is 9.54. The molecule has 28 heavy (non-hydrogen) atoms. The number of amides is 1. The van der Waals surface area contributed by atoms with Gasteiger partial charge in [0.05, 0.1) is 24.5 Å². The molecule has 152 valence electrons. The van der Waals surface area contributed by atoms with Crippen LogP contribution in [0.5, 0.6) is 5.75 Å². The van der Waals surface area contributed by atoms with Crippen molar-refractivity contribution in [3.63, 3.8) is 0 Å². The van der Waals surface area contributed by atoms with Crippen molar-refractivity contribution in [1.29, 1.82) is 0 Å². The largest absolute Gasteiger partial charge is 0.494 e. The highest BCUT2D eigenvalue weighted by Crippen LogP contribution is 2.32. The molecule has 0 radical (unpaired) electrons. The predicted octanol–water partition coefficient (Wildman–Crippen LogP) is 4.66. The second-order valence-corrected chi connectivity index (χ2v) is 8.58. The van der Waals surface area contributed by atoms with Gasteiger partial charge in [-0.2, -0.15) is 0 Å². The van der Waals surface area contributed by atoms with E-state index in [1.807, 2.05) is 37.3 Å². The van der Waals surface area contributed by atoms with Crippen molar-refractivity contribution in [2.75, 3.05) is 19.8 Å². The summed E-state index contributed by atoms with van der Waals surface area (Å²) in [6.45, 7) is 7.59. The Morgan fingerprint density at radius 1 is 1.25 bits per heavy atom. The fourth-order valence-corrected chi connectivity index (χ4v) is 3.72. The average molecular weight is 422 g/mol. The highest BCUT2D eigenvalue weighted by molar-refractivity contribution is 8.26. The van der Waals surface area contributed by atoms with E-state index in [9.17, 15) is 9.59 Å². The summed E-state index contributed by atoms with van der Waals surface area (Å²) < 4.78 is 11.2. The Balaban J connectivity index is 1.92. The maximum absolute atomic E-state index is 12.6. The summed E-state index contributed by atoms with van der Waals surface area (Å²) in [6.07, 6.45) is 3.74. The Hall–Kier alpha value is -1.86. The van der Waals surface area contributed by atoms with E-state index in [2.05, 4.69) is 13.8 Å². The summed E-state index contributed by atoms with van der Waals surface area (Å²) in [7, 11) is 0. The summed E-state index contributed by atoms with van der Waals surface area (Å²) in [6, 6.07) is 7.63. The third-order valence-corrected chi connectivity index (χ3v) is 5.40. The molecule has 0 aliphatic carbocycles. The van der Waals surface area contributed by atoms with E-state index in [1.165, 1.54) is 16.7 Å². The SMILES string of the molecule is CCCOC(=O)CCN1C(=O)/C(=C\c2ccc(OCCC(C)C)cc2)SC1=S. The Labute approximate surface area is 176 Å². The first-order valence-corrected chi connectivity index (χ1v) is 10.8. The van der Waals surface area contributed by atoms with Gasteiger partial charge < -0.3 is 9.47 Å². The van der Waals surface area contributed by atoms with Crippen molar-refractivity contribution in [2.45, 2.75) is 40.0 Å². The number of hydrogen-bond donors (Lipinski definition) is 0. The van der Waals surface area contributed by atoms with Crippen molar-refractivity contribution < 1.29 is 19.1 Å². The fraction of sp³-hybridized carbons (Fsp3) is 0.476. The molecule has 0 saturated carbocycles. The van der Waals surface area contributed by atoms with E-state index in [0.29, 0.717) is 28.4 Å². The number of nitrogens with zero attached hydrogens (tertiary/aromatic N) is 1. The van der Waals surface area contributed by atoms with E-state index in [0.717, 1.165) is 24.2 Å². The smallest absolute Gasteiger partial charge is 0.307 e. The van der Waals surface area contributed by atoms with Crippen molar-refractivity contribution >= 4 is 46.3 Å². The number of thioether (sulfide) groups is 1. The van der Waals surface area contributed by atoms with Crippen LogP contribution in [0, 0.1) is 5.92 Å². The normalized spacial score (nSPS) is 15.6. The lowest BCUT2D eigenvalue weighted by molar-refractivity contribution is -0.143. The van der Waals surface area contributed by atoms with Crippen molar-refractivity contribution in [3.8, 4) is 5.75 Å². The lowest BCUT2D eigenvalue weighted by Crippen LogP contribution is -2.30. The molecule has 1 aliphatic heterocycles. The Bertz CT molecular complexity index is 728. The number of carbonyl (C=O) groups is 2. The summed E-state index contributed by atoms with van der Waals surface area (Å²) in [5, 5.41) is 0. The Morgan fingerprint density at radius 2 is 1.96 bits per heavy atom. The second kappa shape index (κ2) is 11.2. The summed E-state index contributed by atoms with van der Waals surface area (Å²) in [4.78, 5) is 26.3. The number of hydrogen-bond acceptors (Lipinski definition) is 6. The van der Waals surface area contributed by atoms with Gasteiger partial charge in [0.2, 0.25) is 0 Å². The summed E-state index contributed by atoms with van der Waals surface area (Å²) in [5.41, 5.74) is 0.902. The number of thiocarbonyl (C=S) groups is 1. The standard InChI is InChI=1S/C21H27NO4S2/c1-4-12-26-19(23)9-11-22-20(24)18(28-21(22)27)14-16-5-7-17(8-6-16)25-13-10-15(2)3/h5-8,14-15H,4,9-13H2,1-3H3/b18-14+. The predicted molar refractivity (Wildman–Crippen MR) is 117 cm³/mol. The Morgan fingerprint density at radius 3 is 2.61 bits per heavy atom. The van der Waals surface area contributed by atoms with Crippen LogP contribution >= 0.6 is 24.0 Å². The molecule has 0 atom stereocenters. The molecule has 1 fully saturated rings. The molecule has 0 unspecified atom stereocenters. The molecular weight excluding hydrogens is 394 g/mol. The minimum absolute atomic E-state index is 0.141. The quantitative estimate of drug-likeness (QED) is 0.311. The molecule has 0 bridgehead atoms. The van der Waals surface area contributed by atoms with Gasteiger partial charge in [0.1, 0.15) is 10.1 Å². The van der Waals surface area contributed by atoms with E-state index >= 15 is 0 Å². The van der Waals surface area contributed by atoms with Gasteiger partial charge in [0.25, 0.3) is 5.91 Å². The average Bonchev–Trinajstić information content (AvgIpc) is 2.92. The van der Waals surface area contributed by atoms with Crippen LogP contribution in [0.4, 0.5) is 0 Å². The molecule has 0 N–H and O–H groups in total. The minimum Gasteiger partial charge on any atom is -0.494 e. The van der Waals surface area contributed by atoms with E-state index in [-0.39, 0.29) is 24.8 Å². The lowest BCUT2D eigenvalue weighted by atomic mass is 10.1. The van der Waals surface area contributed by atoms with Gasteiger partial charge in [-0.25, -0.2) is 0 Å². The molecule has 5 nitrogen and oxygen atoms in total. The second-order valence-electron chi connectivity index (χ2n) is 6.90. The molecule has 1 aliphatic rings. The van der Waals surface area contributed by atoms with Crippen LogP contribution in [0.1, 0.15) is 45.6 Å². The number of benzene rings is 1. The third-order valence-electron chi connectivity index (χ3n) is 4.02. The zero-order valence-electron chi connectivity index (χ0n) is 16.6. The molecule has 1 heterocycles. The van der Waals surface area contributed by atoms with Crippen LogP contribution in [0.25, 0.3) is 6.08 Å². The van der Waals surface area contributed by atoms with Crippen LogP contribution in [-0.4, -0.2) is 40.9 Å². The monoisotopic (exact) mass is 421 g/mol. The molecular formula is C21H27NO4S2. The maximum atomic E-state index is 12.6. The topological polar surface area (TPSA) is 55.8 Å². The zero-order valence-corrected chi connectivity index (χ0v) is 18.2. The summed E-state index contributed by atoms with van der Waals surface area (Å²) >= 11 is 6.55. The molecule has 1 amide bonds. The number of ether oxygens (including phenoxy) is 2. The molecule has 2 rings (SSSR count). The first kappa shape index (κ1) is 22.4. The van der Waals surface area contributed by atoms with Crippen molar-refractivity contribution in [3.05, 3.63) is 34.7 Å². The molecule has 7 heteroatoms. The zero-order chi connectivity index (χ0) is 20.5. The third kappa shape index (κ3) is 6.95. The lowest BCUT2D eigenvalue weighted by Gasteiger charge is -2.13. The van der Waals surface area contributed by atoms with Crippen LogP contribution in [0.2, 0.25) is 0 Å². The van der Waals surface area contributed by atoms with E-state index in [4.69, 9.17) is 21.7 Å². The van der Waals surface area contributed by atoms with Crippen LogP contribution in [0.15, 0.2) is 29.2 Å². The van der Waals surface area contributed by atoms with Gasteiger partial charge in [-0.05, 0) is 42.5 Å². The molecule has 1 aromatic rings. The number of rotatable bonds is 10. The van der Waals surface area contributed by atoms with Gasteiger partial charge >= 0.3 is 5.97 Å². The molecule has 0 aromatic heterocycles. The molecule has 1 aromatic carbocycles. The highest BCUT2D eigenvalue weighted by Gasteiger charge is 2.32. The maximum Gasteiger partial charge on any atom is 0.307 e. The van der Waals surface area contributed by atoms with Gasteiger partial charge in [-0.3, -0.25) is 14.5 Å². The van der Waals surface area contributed by atoms with Gasteiger partial charge in [0.15, 0.2) is 0 Å². The minimum atomic E-state index is -0.312. The summed E-state index contributed by atoms with van der Waals surface area (Å²) in [5.74, 6) is 0.939. The highest BCUT2D eigenvalue weighted by atomic mass is 32.2. The van der Waals surface area contributed by atoms with Crippen molar-refractivity contribution in [1.82, 2.24) is 4.90 Å².